The predicted molar refractivity (Wildman–Crippen MR) is 69.0 cm³/mol. The first kappa shape index (κ1) is 13.4. The molecule has 0 unspecified atom stereocenters. The molecular weight excluding hydrogens is 234 g/mol. The number of halogens is 2. The Morgan fingerprint density at radius 2 is 1.89 bits per heavy atom. The van der Waals surface area contributed by atoms with Gasteiger partial charge in [0.2, 0.25) is 6.43 Å². The molecule has 0 amide bonds. The number of nitrogens with zero attached hydrogens (tertiary/aromatic N) is 1. The number of rotatable bonds is 4. The molecule has 1 N–H and O–H groups in total. The van der Waals surface area contributed by atoms with Crippen molar-refractivity contribution in [3.8, 4) is 0 Å². The summed E-state index contributed by atoms with van der Waals surface area (Å²) in [5, 5.41) is 3.26. The van der Waals surface area contributed by atoms with E-state index >= 15 is 0 Å². The molecule has 18 heavy (non-hydrogen) atoms. The maximum Gasteiger partial charge on any atom is 0.240 e. The standard InChI is InChI=1S/C14H20F2N2/c1-11-4-2-3-5-12(11)13(10-14(15)16)18-8-6-17-7-9-18/h2-5,13-14,17H,6-10H2,1H3/t13-/m1/s1. The van der Waals surface area contributed by atoms with Crippen molar-refractivity contribution in [2.24, 2.45) is 0 Å². The summed E-state index contributed by atoms with van der Waals surface area (Å²) in [6.45, 7) is 5.44. The van der Waals surface area contributed by atoms with Crippen LogP contribution in [-0.4, -0.2) is 37.5 Å². The summed E-state index contributed by atoms with van der Waals surface area (Å²) < 4.78 is 25.6. The number of alkyl halides is 2. The van der Waals surface area contributed by atoms with Gasteiger partial charge < -0.3 is 5.32 Å². The number of benzene rings is 1. The molecule has 1 aliphatic rings. The molecule has 4 heteroatoms. The van der Waals surface area contributed by atoms with Crippen LogP contribution in [0.1, 0.15) is 23.6 Å². The average Bonchev–Trinajstić information content (AvgIpc) is 2.38. The van der Waals surface area contributed by atoms with Gasteiger partial charge in [0.25, 0.3) is 0 Å². The van der Waals surface area contributed by atoms with E-state index in [1.165, 1.54) is 0 Å². The van der Waals surface area contributed by atoms with E-state index in [0.29, 0.717) is 0 Å². The monoisotopic (exact) mass is 254 g/mol. The molecule has 0 aliphatic carbocycles. The van der Waals surface area contributed by atoms with Crippen molar-refractivity contribution in [2.45, 2.75) is 25.8 Å². The lowest BCUT2D eigenvalue weighted by molar-refractivity contribution is 0.0737. The van der Waals surface area contributed by atoms with Crippen LogP contribution in [0, 0.1) is 6.92 Å². The fourth-order valence-electron chi connectivity index (χ4n) is 2.60. The van der Waals surface area contributed by atoms with Gasteiger partial charge in [-0.15, -0.1) is 0 Å². The average molecular weight is 254 g/mol. The van der Waals surface area contributed by atoms with Crippen LogP contribution in [-0.2, 0) is 0 Å². The third-order valence-corrected chi connectivity index (χ3v) is 3.54. The van der Waals surface area contributed by atoms with Gasteiger partial charge in [0, 0.05) is 38.6 Å². The molecular formula is C14H20F2N2. The first-order chi connectivity index (χ1) is 8.68. The van der Waals surface area contributed by atoms with E-state index in [4.69, 9.17) is 0 Å². The number of hydrogen-bond acceptors (Lipinski definition) is 2. The van der Waals surface area contributed by atoms with Crippen LogP contribution in [0.5, 0.6) is 0 Å². The summed E-state index contributed by atoms with van der Waals surface area (Å²) in [5.41, 5.74) is 2.14. The Balaban J connectivity index is 2.21. The first-order valence-electron chi connectivity index (χ1n) is 6.47. The number of aryl methyl sites for hydroxylation is 1. The largest absolute Gasteiger partial charge is 0.314 e. The normalized spacial score (nSPS) is 19.1. The third kappa shape index (κ3) is 3.27. The van der Waals surface area contributed by atoms with E-state index in [1.54, 1.807) is 0 Å². The smallest absolute Gasteiger partial charge is 0.240 e. The lowest BCUT2D eigenvalue weighted by Gasteiger charge is -2.35. The summed E-state index contributed by atoms with van der Waals surface area (Å²) in [5.74, 6) is 0. The Morgan fingerprint density at radius 1 is 1.22 bits per heavy atom. The van der Waals surface area contributed by atoms with Crippen molar-refractivity contribution in [3.05, 3.63) is 35.4 Å². The molecule has 0 aromatic heterocycles. The topological polar surface area (TPSA) is 15.3 Å². The van der Waals surface area contributed by atoms with Crippen molar-refractivity contribution < 1.29 is 8.78 Å². The summed E-state index contributed by atoms with van der Waals surface area (Å²) in [6.07, 6.45) is -2.34. The van der Waals surface area contributed by atoms with Crippen LogP contribution in [0.4, 0.5) is 8.78 Å². The second-order valence-corrected chi connectivity index (χ2v) is 4.79. The second-order valence-electron chi connectivity index (χ2n) is 4.79. The summed E-state index contributed by atoms with van der Waals surface area (Å²) in [4.78, 5) is 2.17. The van der Waals surface area contributed by atoms with Crippen LogP contribution >= 0.6 is 0 Å². The highest BCUT2D eigenvalue weighted by Gasteiger charge is 2.26. The van der Waals surface area contributed by atoms with E-state index in [0.717, 1.165) is 37.3 Å². The molecule has 2 rings (SSSR count). The minimum atomic E-state index is -2.26. The van der Waals surface area contributed by atoms with Crippen LogP contribution < -0.4 is 5.32 Å². The van der Waals surface area contributed by atoms with E-state index in [2.05, 4.69) is 10.2 Å². The van der Waals surface area contributed by atoms with Gasteiger partial charge >= 0.3 is 0 Å². The Bertz CT molecular complexity index is 376. The zero-order valence-electron chi connectivity index (χ0n) is 10.7. The number of piperazine rings is 1. The van der Waals surface area contributed by atoms with Gasteiger partial charge in [-0.3, -0.25) is 4.90 Å². The Hall–Kier alpha value is -1.00. The highest BCUT2D eigenvalue weighted by molar-refractivity contribution is 5.29. The predicted octanol–water partition coefficient (Wildman–Crippen LogP) is 2.60. The molecule has 1 aliphatic heterocycles. The molecule has 0 radical (unpaired) electrons. The molecule has 0 spiro atoms. The van der Waals surface area contributed by atoms with Crippen molar-refractivity contribution in [2.75, 3.05) is 26.2 Å². The van der Waals surface area contributed by atoms with Gasteiger partial charge in [-0.25, -0.2) is 8.78 Å². The van der Waals surface area contributed by atoms with Gasteiger partial charge in [-0.2, -0.15) is 0 Å². The maximum absolute atomic E-state index is 12.8. The van der Waals surface area contributed by atoms with Crippen LogP contribution in [0.25, 0.3) is 0 Å². The quantitative estimate of drug-likeness (QED) is 0.888. The molecule has 1 fully saturated rings. The van der Waals surface area contributed by atoms with Crippen molar-refractivity contribution in [1.82, 2.24) is 10.2 Å². The Morgan fingerprint density at radius 3 is 2.50 bits per heavy atom. The molecule has 1 saturated heterocycles. The number of nitrogens with one attached hydrogen (secondary N) is 1. The molecule has 2 nitrogen and oxygen atoms in total. The third-order valence-electron chi connectivity index (χ3n) is 3.54. The van der Waals surface area contributed by atoms with E-state index in [1.807, 2.05) is 31.2 Å². The SMILES string of the molecule is Cc1ccccc1[C@@H](CC(F)F)N1CCNCC1. The van der Waals surface area contributed by atoms with E-state index in [9.17, 15) is 8.78 Å². The molecule has 0 saturated carbocycles. The summed E-state index contributed by atoms with van der Waals surface area (Å²) in [7, 11) is 0. The minimum Gasteiger partial charge on any atom is -0.314 e. The second kappa shape index (κ2) is 6.25. The van der Waals surface area contributed by atoms with Crippen molar-refractivity contribution in [3.63, 3.8) is 0 Å². The van der Waals surface area contributed by atoms with E-state index in [-0.39, 0.29) is 12.5 Å². The molecule has 100 valence electrons. The number of hydrogen-bond donors (Lipinski definition) is 1. The maximum atomic E-state index is 12.8. The lowest BCUT2D eigenvalue weighted by Crippen LogP contribution is -2.45. The van der Waals surface area contributed by atoms with Gasteiger partial charge in [-0.05, 0) is 18.1 Å². The van der Waals surface area contributed by atoms with E-state index < -0.39 is 6.43 Å². The zero-order chi connectivity index (χ0) is 13.0. The fraction of sp³-hybridized carbons (Fsp3) is 0.571. The molecule has 0 bridgehead atoms. The molecule has 1 aromatic rings. The first-order valence-corrected chi connectivity index (χ1v) is 6.47. The minimum absolute atomic E-state index is 0.0785. The molecule has 1 heterocycles. The van der Waals surface area contributed by atoms with Crippen LogP contribution in [0.3, 0.4) is 0 Å². The van der Waals surface area contributed by atoms with Crippen LogP contribution in [0.2, 0.25) is 0 Å². The summed E-state index contributed by atoms with van der Waals surface area (Å²) in [6, 6.07) is 7.70. The van der Waals surface area contributed by atoms with Gasteiger partial charge in [0.05, 0.1) is 0 Å². The van der Waals surface area contributed by atoms with Gasteiger partial charge in [0.1, 0.15) is 0 Å². The van der Waals surface area contributed by atoms with Crippen molar-refractivity contribution >= 4 is 0 Å². The fourth-order valence-corrected chi connectivity index (χ4v) is 2.60. The highest BCUT2D eigenvalue weighted by atomic mass is 19.3. The Labute approximate surface area is 107 Å². The zero-order valence-corrected chi connectivity index (χ0v) is 10.7. The van der Waals surface area contributed by atoms with Gasteiger partial charge in [-0.1, -0.05) is 24.3 Å². The van der Waals surface area contributed by atoms with Crippen molar-refractivity contribution in [1.29, 1.82) is 0 Å². The molecule has 1 aromatic carbocycles. The van der Waals surface area contributed by atoms with Crippen LogP contribution in [0.15, 0.2) is 24.3 Å². The molecule has 1 atom stereocenters. The lowest BCUT2D eigenvalue weighted by atomic mass is 9.97. The highest BCUT2D eigenvalue weighted by Crippen LogP contribution is 2.29. The summed E-state index contributed by atoms with van der Waals surface area (Å²) >= 11 is 0. The Kier molecular flexibility index (Phi) is 4.66. The van der Waals surface area contributed by atoms with Gasteiger partial charge in [0.15, 0.2) is 0 Å².